The van der Waals surface area contributed by atoms with Crippen LogP contribution in [0, 0.1) is 6.92 Å². The Balaban J connectivity index is 1.66. The summed E-state index contributed by atoms with van der Waals surface area (Å²) in [6.45, 7) is 4.59. The van der Waals surface area contributed by atoms with E-state index in [1.165, 1.54) is 16.9 Å². The number of hydrogen-bond donors (Lipinski definition) is 2. The summed E-state index contributed by atoms with van der Waals surface area (Å²) in [5.74, 6) is 0.498. The minimum atomic E-state index is -0.273. The largest absolute Gasteiger partial charge is 0.494 e. The lowest BCUT2D eigenvalue weighted by atomic mass is 10.0. The zero-order chi connectivity index (χ0) is 18.1. The molecule has 0 aliphatic carbocycles. The molecular weight excluding hydrogens is 338 g/mol. The molecule has 134 valence electrons. The quantitative estimate of drug-likeness (QED) is 0.720. The van der Waals surface area contributed by atoms with Gasteiger partial charge in [-0.2, -0.15) is 0 Å². The second kappa shape index (κ2) is 9.78. The van der Waals surface area contributed by atoms with Crippen molar-refractivity contribution in [3.8, 4) is 5.75 Å². The van der Waals surface area contributed by atoms with Gasteiger partial charge in [-0.15, -0.1) is 11.3 Å². The molecule has 0 unspecified atom stereocenters. The lowest BCUT2D eigenvalue weighted by Crippen LogP contribution is -2.32. The smallest absolute Gasteiger partial charge is 0.245 e. The Morgan fingerprint density at radius 1 is 1.28 bits per heavy atom. The Hall–Kier alpha value is -2.41. The summed E-state index contributed by atoms with van der Waals surface area (Å²) in [5.41, 5.74) is 2.28. The second-order valence-electron chi connectivity index (χ2n) is 5.55. The van der Waals surface area contributed by atoms with E-state index in [-0.39, 0.29) is 18.4 Å². The highest BCUT2D eigenvalue weighted by Crippen LogP contribution is 2.20. The fourth-order valence-corrected chi connectivity index (χ4v) is 2.90. The van der Waals surface area contributed by atoms with Gasteiger partial charge in [0.2, 0.25) is 11.8 Å². The molecule has 0 fully saturated rings. The van der Waals surface area contributed by atoms with Gasteiger partial charge in [-0.3, -0.25) is 9.59 Å². The van der Waals surface area contributed by atoms with Crippen molar-refractivity contribution in [2.75, 3.05) is 18.5 Å². The first kappa shape index (κ1) is 18.9. The van der Waals surface area contributed by atoms with E-state index < -0.39 is 0 Å². The van der Waals surface area contributed by atoms with Gasteiger partial charge in [0.25, 0.3) is 0 Å². The van der Waals surface area contributed by atoms with Gasteiger partial charge in [0.15, 0.2) is 5.13 Å². The molecule has 1 heterocycles. The number of carbonyl (C=O) groups excluding carboxylic acids is 2. The van der Waals surface area contributed by atoms with Crippen LogP contribution >= 0.6 is 11.3 Å². The fraction of sp³-hybridized carbons (Fsp3) is 0.389. The summed E-state index contributed by atoms with van der Waals surface area (Å²) in [7, 11) is 0. The number of benzene rings is 1. The molecule has 2 rings (SSSR count). The zero-order valence-corrected chi connectivity index (χ0v) is 15.3. The van der Waals surface area contributed by atoms with Crippen LogP contribution in [0.2, 0.25) is 0 Å². The summed E-state index contributed by atoms with van der Waals surface area (Å²) in [6, 6.07) is 6.08. The van der Waals surface area contributed by atoms with E-state index >= 15 is 0 Å². The van der Waals surface area contributed by atoms with Gasteiger partial charge in [0.1, 0.15) is 5.75 Å². The average molecular weight is 361 g/mol. The Kier molecular flexibility index (Phi) is 7.40. The number of hydrogen-bond acceptors (Lipinski definition) is 5. The highest BCUT2D eigenvalue weighted by molar-refractivity contribution is 7.13. The summed E-state index contributed by atoms with van der Waals surface area (Å²) in [6.07, 6.45) is 3.54. The van der Waals surface area contributed by atoms with Crippen LogP contribution in [0.15, 0.2) is 29.8 Å². The van der Waals surface area contributed by atoms with Crippen LogP contribution in [-0.4, -0.2) is 29.9 Å². The number of aryl methyl sites for hydroxylation is 2. The number of rotatable bonds is 9. The number of ether oxygens (including phenoxy) is 1. The number of amides is 2. The predicted molar refractivity (Wildman–Crippen MR) is 99.0 cm³/mol. The number of aromatic nitrogens is 1. The van der Waals surface area contributed by atoms with E-state index in [0.717, 1.165) is 24.2 Å². The van der Waals surface area contributed by atoms with Crippen molar-refractivity contribution < 1.29 is 14.3 Å². The standard InChI is InChI=1S/C18H23N3O3S/c1-3-24-15-8-7-14(11-13(15)2)5-4-6-16(22)20-12-17(23)21-18-19-9-10-25-18/h7-11H,3-6,12H2,1-2H3,(H,20,22)(H,19,21,23). The fourth-order valence-electron chi connectivity index (χ4n) is 2.35. The van der Waals surface area contributed by atoms with E-state index in [0.29, 0.717) is 18.2 Å². The summed E-state index contributed by atoms with van der Waals surface area (Å²) in [5, 5.41) is 7.55. The van der Waals surface area contributed by atoms with Crippen LogP contribution in [0.4, 0.5) is 5.13 Å². The minimum absolute atomic E-state index is 0.0411. The molecule has 7 heteroatoms. The molecule has 0 aliphatic rings. The number of carbonyl (C=O) groups is 2. The van der Waals surface area contributed by atoms with E-state index in [9.17, 15) is 9.59 Å². The van der Waals surface area contributed by atoms with Gasteiger partial charge in [0, 0.05) is 18.0 Å². The van der Waals surface area contributed by atoms with Crippen molar-refractivity contribution in [2.24, 2.45) is 0 Å². The first-order valence-corrected chi connectivity index (χ1v) is 9.15. The molecule has 0 atom stereocenters. The van der Waals surface area contributed by atoms with Crippen molar-refractivity contribution in [1.29, 1.82) is 0 Å². The molecule has 2 aromatic rings. The van der Waals surface area contributed by atoms with Gasteiger partial charge >= 0.3 is 0 Å². The third-order valence-corrected chi connectivity index (χ3v) is 4.22. The SMILES string of the molecule is CCOc1ccc(CCCC(=O)NCC(=O)Nc2nccs2)cc1C. The molecule has 25 heavy (non-hydrogen) atoms. The number of nitrogens with zero attached hydrogens (tertiary/aromatic N) is 1. The molecule has 0 radical (unpaired) electrons. The number of thiazole rings is 1. The monoisotopic (exact) mass is 361 g/mol. The van der Waals surface area contributed by atoms with Crippen molar-refractivity contribution >= 4 is 28.3 Å². The first-order chi connectivity index (χ1) is 12.1. The molecule has 0 saturated carbocycles. The Bertz CT molecular complexity index is 702. The van der Waals surface area contributed by atoms with E-state index in [4.69, 9.17) is 4.74 Å². The van der Waals surface area contributed by atoms with Crippen LogP contribution in [0.5, 0.6) is 5.75 Å². The maximum atomic E-state index is 11.8. The molecule has 6 nitrogen and oxygen atoms in total. The van der Waals surface area contributed by atoms with Gasteiger partial charge in [-0.1, -0.05) is 12.1 Å². The molecule has 0 saturated heterocycles. The first-order valence-electron chi connectivity index (χ1n) is 8.27. The van der Waals surface area contributed by atoms with Gasteiger partial charge in [0.05, 0.1) is 13.2 Å². The van der Waals surface area contributed by atoms with Crippen LogP contribution < -0.4 is 15.4 Å². The van der Waals surface area contributed by atoms with Gasteiger partial charge in [-0.25, -0.2) is 4.98 Å². The number of nitrogens with one attached hydrogen (secondary N) is 2. The third-order valence-electron chi connectivity index (χ3n) is 3.53. The molecule has 1 aromatic carbocycles. The topological polar surface area (TPSA) is 80.3 Å². The number of anilines is 1. The van der Waals surface area contributed by atoms with Crippen molar-refractivity contribution in [3.63, 3.8) is 0 Å². The molecule has 0 spiro atoms. The lowest BCUT2D eigenvalue weighted by molar-refractivity contribution is -0.124. The maximum absolute atomic E-state index is 11.8. The Morgan fingerprint density at radius 3 is 2.80 bits per heavy atom. The van der Waals surface area contributed by atoms with Gasteiger partial charge < -0.3 is 15.4 Å². The Morgan fingerprint density at radius 2 is 2.12 bits per heavy atom. The highest BCUT2D eigenvalue weighted by atomic mass is 32.1. The third kappa shape index (κ3) is 6.54. The Labute approximate surface area is 151 Å². The molecule has 2 N–H and O–H groups in total. The van der Waals surface area contributed by atoms with E-state index in [1.807, 2.05) is 26.0 Å². The van der Waals surface area contributed by atoms with Gasteiger partial charge in [-0.05, 0) is 43.9 Å². The minimum Gasteiger partial charge on any atom is -0.494 e. The van der Waals surface area contributed by atoms with Crippen molar-refractivity contribution in [2.45, 2.75) is 33.1 Å². The zero-order valence-electron chi connectivity index (χ0n) is 14.5. The molecule has 0 aliphatic heterocycles. The normalized spacial score (nSPS) is 10.3. The maximum Gasteiger partial charge on any atom is 0.245 e. The summed E-state index contributed by atoms with van der Waals surface area (Å²) >= 11 is 1.34. The summed E-state index contributed by atoms with van der Waals surface area (Å²) < 4.78 is 5.52. The van der Waals surface area contributed by atoms with E-state index in [1.54, 1.807) is 11.6 Å². The lowest BCUT2D eigenvalue weighted by Gasteiger charge is -2.09. The van der Waals surface area contributed by atoms with Crippen LogP contribution in [0.3, 0.4) is 0 Å². The molecule has 0 bridgehead atoms. The molecule has 1 aromatic heterocycles. The van der Waals surface area contributed by atoms with Crippen molar-refractivity contribution in [3.05, 3.63) is 40.9 Å². The average Bonchev–Trinajstić information content (AvgIpc) is 3.08. The predicted octanol–water partition coefficient (Wildman–Crippen LogP) is 2.93. The van der Waals surface area contributed by atoms with E-state index in [2.05, 4.69) is 21.7 Å². The van der Waals surface area contributed by atoms with Crippen LogP contribution in [-0.2, 0) is 16.0 Å². The van der Waals surface area contributed by atoms with Crippen molar-refractivity contribution in [1.82, 2.24) is 10.3 Å². The molecular formula is C18H23N3O3S. The molecule has 2 amide bonds. The second-order valence-corrected chi connectivity index (χ2v) is 6.44. The van der Waals surface area contributed by atoms with Crippen LogP contribution in [0.25, 0.3) is 0 Å². The summed E-state index contributed by atoms with van der Waals surface area (Å²) in [4.78, 5) is 27.4. The van der Waals surface area contributed by atoms with Crippen LogP contribution in [0.1, 0.15) is 30.9 Å². The highest BCUT2D eigenvalue weighted by Gasteiger charge is 2.07.